The lowest BCUT2D eigenvalue weighted by Gasteiger charge is -2.20. The minimum Gasteiger partial charge on any atom is -0.304 e. The van der Waals surface area contributed by atoms with Gasteiger partial charge in [-0.1, -0.05) is 49.6 Å². The van der Waals surface area contributed by atoms with Gasteiger partial charge in [-0.3, -0.25) is 0 Å². The van der Waals surface area contributed by atoms with Crippen LogP contribution in [-0.4, -0.2) is 6.04 Å². The number of hydrogen-bond donors (Lipinski definition) is 1. The lowest BCUT2D eigenvalue weighted by Crippen LogP contribution is -2.14. The molecule has 0 spiro atoms. The first kappa shape index (κ1) is 9.41. The van der Waals surface area contributed by atoms with Crippen molar-refractivity contribution in [3.05, 3.63) is 35.9 Å². The molecule has 2 fully saturated rings. The summed E-state index contributed by atoms with van der Waals surface area (Å²) in [6.45, 7) is 0. The Balaban J connectivity index is 1.64. The van der Waals surface area contributed by atoms with Gasteiger partial charge in [-0.15, -0.1) is 0 Å². The van der Waals surface area contributed by atoms with Crippen LogP contribution in [0.5, 0.6) is 0 Å². The van der Waals surface area contributed by atoms with E-state index in [1.807, 2.05) is 0 Å². The molecule has 2 atom stereocenters. The van der Waals surface area contributed by atoms with Crippen molar-refractivity contribution >= 4 is 0 Å². The van der Waals surface area contributed by atoms with Gasteiger partial charge in [0.15, 0.2) is 0 Å². The van der Waals surface area contributed by atoms with Crippen molar-refractivity contribution < 1.29 is 0 Å². The van der Waals surface area contributed by atoms with Crippen LogP contribution in [-0.2, 0) is 0 Å². The summed E-state index contributed by atoms with van der Waals surface area (Å²) in [4.78, 5) is 0. The standard InChI is InChI=1S/C14H19N/c1-3-7-11(8-4-1)13-14(15-13)12-9-5-2-6-10-12/h1,3-4,7-8,12-15H,2,5-6,9-10H2/t13-,14-/m1/s1. The number of nitrogens with one attached hydrogen (secondary N) is 1. The van der Waals surface area contributed by atoms with E-state index in [1.54, 1.807) is 0 Å². The molecule has 1 saturated heterocycles. The Kier molecular flexibility index (Phi) is 2.49. The van der Waals surface area contributed by atoms with Gasteiger partial charge in [-0.25, -0.2) is 0 Å². The van der Waals surface area contributed by atoms with E-state index in [2.05, 4.69) is 35.6 Å². The fourth-order valence-corrected chi connectivity index (χ4v) is 3.02. The van der Waals surface area contributed by atoms with Crippen LogP contribution < -0.4 is 5.32 Å². The molecule has 1 nitrogen and oxygen atoms in total. The fraction of sp³-hybridized carbons (Fsp3) is 0.571. The van der Waals surface area contributed by atoms with E-state index in [-0.39, 0.29) is 0 Å². The van der Waals surface area contributed by atoms with Crippen molar-refractivity contribution in [3.63, 3.8) is 0 Å². The van der Waals surface area contributed by atoms with E-state index in [0.717, 1.165) is 12.0 Å². The molecule has 0 aromatic heterocycles. The topological polar surface area (TPSA) is 21.9 Å². The molecule has 1 heteroatoms. The lowest BCUT2D eigenvalue weighted by atomic mass is 9.85. The molecule has 0 unspecified atom stereocenters. The zero-order valence-electron chi connectivity index (χ0n) is 9.15. The van der Waals surface area contributed by atoms with Gasteiger partial charge >= 0.3 is 0 Å². The molecule has 1 aromatic carbocycles. The molecular weight excluding hydrogens is 182 g/mol. The molecule has 1 aromatic rings. The molecule has 1 heterocycles. The van der Waals surface area contributed by atoms with Gasteiger partial charge in [0.2, 0.25) is 0 Å². The van der Waals surface area contributed by atoms with E-state index in [9.17, 15) is 0 Å². The van der Waals surface area contributed by atoms with E-state index in [4.69, 9.17) is 0 Å². The molecular formula is C14H19N. The zero-order chi connectivity index (χ0) is 10.1. The third kappa shape index (κ3) is 1.93. The van der Waals surface area contributed by atoms with Gasteiger partial charge in [0.05, 0.1) is 0 Å². The Morgan fingerprint density at radius 1 is 0.933 bits per heavy atom. The van der Waals surface area contributed by atoms with Crippen LogP contribution in [0.15, 0.2) is 30.3 Å². The third-order valence-corrected chi connectivity index (χ3v) is 3.94. The van der Waals surface area contributed by atoms with Crippen LogP contribution >= 0.6 is 0 Å². The summed E-state index contributed by atoms with van der Waals surface area (Å²) in [7, 11) is 0. The van der Waals surface area contributed by atoms with Gasteiger partial charge in [-0.2, -0.15) is 0 Å². The molecule has 1 aliphatic heterocycles. The van der Waals surface area contributed by atoms with Crippen molar-refractivity contribution in [2.75, 3.05) is 0 Å². The zero-order valence-corrected chi connectivity index (χ0v) is 9.15. The quantitative estimate of drug-likeness (QED) is 0.729. The Hall–Kier alpha value is -0.820. The molecule has 1 N–H and O–H groups in total. The van der Waals surface area contributed by atoms with Gasteiger partial charge in [0, 0.05) is 12.1 Å². The summed E-state index contributed by atoms with van der Waals surface area (Å²) in [5.41, 5.74) is 1.48. The highest BCUT2D eigenvalue weighted by molar-refractivity contribution is 5.26. The number of rotatable bonds is 2. The van der Waals surface area contributed by atoms with Crippen LogP contribution in [0.25, 0.3) is 0 Å². The smallest absolute Gasteiger partial charge is 0.0481 e. The maximum Gasteiger partial charge on any atom is 0.0481 e. The Bertz CT molecular complexity index is 313. The average molecular weight is 201 g/mol. The highest BCUT2D eigenvalue weighted by Gasteiger charge is 2.42. The van der Waals surface area contributed by atoms with E-state index >= 15 is 0 Å². The Labute approximate surface area is 91.9 Å². The SMILES string of the molecule is c1ccc([C@H]2N[C@@H]2C2CCCCC2)cc1. The van der Waals surface area contributed by atoms with Crippen LogP contribution in [0.1, 0.15) is 43.7 Å². The first-order valence-corrected chi connectivity index (χ1v) is 6.26. The van der Waals surface area contributed by atoms with E-state index in [1.165, 1.54) is 37.7 Å². The van der Waals surface area contributed by atoms with Crippen molar-refractivity contribution in [3.8, 4) is 0 Å². The molecule has 1 saturated carbocycles. The number of hydrogen-bond acceptors (Lipinski definition) is 1. The second-order valence-corrected chi connectivity index (χ2v) is 4.98. The summed E-state index contributed by atoms with van der Waals surface area (Å²) in [6.07, 6.45) is 7.25. The van der Waals surface area contributed by atoms with Crippen LogP contribution in [0.4, 0.5) is 0 Å². The maximum atomic E-state index is 3.65. The van der Waals surface area contributed by atoms with E-state index < -0.39 is 0 Å². The predicted molar refractivity (Wildman–Crippen MR) is 62.7 cm³/mol. The molecule has 0 bridgehead atoms. The van der Waals surface area contributed by atoms with Crippen molar-refractivity contribution in [2.24, 2.45) is 5.92 Å². The molecule has 80 valence electrons. The normalized spacial score (nSPS) is 31.5. The maximum absolute atomic E-state index is 3.65. The fourth-order valence-electron chi connectivity index (χ4n) is 3.02. The van der Waals surface area contributed by atoms with Crippen LogP contribution in [0, 0.1) is 5.92 Å². The molecule has 1 aliphatic carbocycles. The lowest BCUT2D eigenvalue weighted by molar-refractivity contribution is 0.348. The van der Waals surface area contributed by atoms with Crippen LogP contribution in [0.3, 0.4) is 0 Å². The second kappa shape index (κ2) is 3.97. The van der Waals surface area contributed by atoms with Crippen molar-refractivity contribution in [1.29, 1.82) is 0 Å². The summed E-state index contributed by atoms with van der Waals surface area (Å²) in [5, 5.41) is 3.65. The Morgan fingerprint density at radius 3 is 2.40 bits per heavy atom. The summed E-state index contributed by atoms with van der Waals surface area (Å²) < 4.78 is 0. The van der Waals surface area contributed by atoms with Crippen molar-refractivity contribution in [2.45, 2.75) is 44.2 Å². The van der Waals surface area contributed by atoms with Gasteiger partial charge in [-0.05, 0) is 24.3 Å². The monoisotopic (exact) mass is 201 g/mol. The first-order chi connectivity index (χ1) is 7.45. The highest BCUT2D eigenvalue weighted by Crippen LogP contribution is 2.40. The molecule has 3 rings (SSSR count). The van der Waals surface area contributed by atoms with Crippen LogP contribution in [0.2, 0.25) is 0 Å². The minimum absolute atomic E-state index is 0.661. The third-order valence-electron chi connectivity index (χ3n) is 3.94. The number of benzene rings is 1. The van der Waals surface area contributed by atoms with Gasteiger partial charge < -0.3 is 5.32 Å². The second-order valence-electron chi connectivity index (χ2n) is 4.98. The molecule has 0 radical (unpaired) electrons. The van der Waals surface area contributed by atoms with Crippen molar-refractivity contribution in [1.82, 2.24) is 5.32 Å². The van der Waals surface area contributed by atoms with E-state index in [0.29, 0.717) is 6.04 Å². The largest absolute Gasteiger partial charge is 0.304 e. The van der Waals surface area contributed by atoms with Gasteiger partial charge in [0.1, 0.15) is 0 Å². The van der Waals surface area contributed by atoms with Gasteiger partial charge in [0.25, 0.3) is 0 Å². The molecule has 0 amide bonds. The molecule has 15 heavy (non-hydrogen) atoms. The summed E-state index contributed by atoms with van der Waals surface area (Å²) >= 11 is 0. The average Bonchev–Trinajstić information content (AvgIpc) is 3.11. The highest BCUT2D eigenvalue weighted by atomic mass is 15.2. The minimum atomic E-state index is 0.661. The predicted octanol–water partition coefficient (Wildman–Crippen LogP) is 3.28. The molecule has 2 aliphatic rings. The summed E-state index contributed by atoms with van der Waals surface area (Å²) in [5.74, 6) is 0.948. The first-order valence-electron chi connectivity index (χ1n) is 6.26. The Morgan fingerprint density at radius 2 is 1.67 bits per heavy atom. The summed E-state index contributed by atoms with van der Waals surface area (Å²) in [6, 6.07) is 12.3.